The van der Waals surface area contributed by atoms with E-state index in [1.807, 2.05) is 49.9 Å². The molecule has 1 aliphatic heterocycles. The van der Waals surface area contributed by atoms with Crippen molar-refractivity contribution in [3.05, 3.63) is 29.8 Å². The van der Waals surface area contributed by atoms with Gasteiger partial charge in [0.05, 0.1) is 0 Å². The van der Waals surface area contributed by atoms with Crippen LogP contribution in [0.2, 0.25) is 0 Å². The molecule has 0 spiro atoms. The molecule has 0 radical (unpaired) electrons. The summed E-state index contributed by atoms with van der Waals surface area (Å²) in [4.78, 5) is 25.5. The third-order valence-electron chi connectivity index (χ3n) is 3.83. The number of para-hydroxylation sites is 1. The molecular weight excluding hydrogens is 268 g/mol. The van der Waals surface area contributed by atoms with Crippen LogP contribution in [-0.4, -0.2) is 36.1 Å². The van der Waals surface area contributed by atoms with E-state index in [4.69, 9.17) is 0 Å². The Morgan fingerprint density at radius 3 is 2.62 bits per heavy atom. The lowest BCUT2D eigenvalue weighted by molar-refractivity contribution is -0.138. The second-order valence-corrected chi connectivity index (χ2v) is 5.92. The fraction of sp³-hybridized carbons (Fsp3) is 0.500. The highest BCUT2D eigenvalue weighted by Crippen LogP contribution is 2.37. The summed E-state index contributed by atoms with van der Waals surface area (Å²) in [5, 5.41) is 12.3. The van der Waals surface area contributed by atoms with Crippen LogP contribution in [0.15, 0.2) is 24.3 Å². The number of hydrogen-bond donors (Lipinski definition) is 2. The van der Waals surface area contributed by atoms with Gasteiger partial charge in [-0.25, -0.2) is 0 Å². The summed E-state index contributed by atoms with van der Waals surface area (Å²) in [6.45, 7) is 6.86. The van der Waals surface area contributed by atoms with E-state index < -0.39 is 11.9 Å². The summed E-state index contributed by atoms with van der Waals surface area (Å²) in [6, 6.07) is 7.03. The molecule has 5 nitrogen and oxygen atoms in total. The zero-order chi connectivity index (χ0) is 15.6. The third kappa shape index (κ3) is 3.17. The highest BCUT2D eigenvalue weighted by atomic mass is 16.4. The first-order valence-corrected chi connectivity index (χ1v) is 7.28. The van der Waals surface area contributed by atoms with Gasteiger partial charge in [0.1, 0.15) is 12.0 Å². The summed E-state index contributed by atoms with van der Waals surface area (Å²) in [6.07, 6.45) is 0. The summed E-state index contributed by atoms with van der Waals surface area (Å²) in [5.74, 6) is -1.09. The van der Waals surface area contributed by atoms with E-state index in [0.717, 1.165) is 11.3 Å². The summed E-state index contributed by atoms with van der Waals surface area (Å²) >= 11 is 0. The summed E-state index contributed by atoms with van der Waals surface area (Å²) in [5.41, 5.74) is 1.63. The molecule has 0 saturated carbocycles. The average Bonchev–Trinajstić information content (AvgIpc) is 2.83. The monoisotopic (exact) mass is 290 g/mol. The molecule has 2 atom stereocenters. The number of carboxylic acids is 1. The van der Waals surface area contributed by atoms with Crippen LogP contribution >= 0.6 is 0 Å². The zero-order valence-corrected chi connectivity index (χ0v) is 12.7. The maximum Gasteiger partial charge on any atom is 0.312 e. The molecule has 0 fully saturated rings. The minimum absolute atomic E-state index is 0.0652. The van der Waals surface area contributed by atoms with E-state index in [1.165, 1.54) is 0 Å². The van der Waals surface area contributed by atoms with Crippen molar-refractivity contribution in [1.29, 1.82) is 0 Å². The maximum absolute atomic E-state index is 12.2. The first kappa shape index (κ1) is 15.4. The van der Waals surface area contributed by atoms with Crippen molar-refractivity contribution in [3.8, 4) is 0 Å². The van der Waals surface area contributed by atoms with Crippen molar-refractivity contribution in [2.24, 2.45) is 5.92 Å². The van der Waals surface area contributed by atoms with E-state index in [9.17, 15) is 14.7 Å². The Kier molecular flexibility index (Phi) is 4.50. The lowest BCUT2D eigenvalue weighted by Gasteiger charge is -2.26. The number of amides is 1. The standard InChI is InChI=1S/C16H22N2O3/c1-10(2)8-17-15(19)11(3)18-9-13(16(20)21)12-6-4-5-7-14(12)18/h4-7,10-11,13H,8-9H2,1-3H3,(H,17,19)(H,20,21). The van der Waals surface area contributed by atoms with Crippen molar-refractivity contribution < 1.29 is 14.7 Å². The molecule has 1 aromatic rings. The zero-order valence-electron chi connectivity index (χ0n) is 12.7. The Morgan fingerprint density at radius 1 is 1.33 bits per heavy atom. The van der Waals surface area contributed by atoms with Crippen molar-refractivity contribution in [3.63, 3.8) is 0 Å². The van der Waals surface area contributed by atoms with Gasteiger partial charge < -0.3 is 15.3 Å². The summed E-state index contributed by atoms with van der Waals surface area (Å²) < 4.78 is 0. The fourth-order valence-electron chi connectivity index (χ4n) is 2.61. The second-order valence-electron chi connectivity index (χ2n) is 5.92. The number of carbonyl (C=O) groups excluding carboxylic acids is 1. The highest BCUT2D eigenvalue weighted by molar-refractivity contribution is 5.89. The molecule has 0 bridgehead atoms. The number of fused-ring (bicyclic) bond motifs is 1. The van der Waals surface area contributed by atoms with Gasteiger partial charge in [-0.3, -0.25) is 9.59 Å². The van der Waals surface area contributed by atoms with Crippen LogP contribution in [-0.2, 0) is 9.59 Å². The molecule has 0 aliphatic carbocycles. The molecule has 21 heavy (non-hydrogen) atoms. The Bertz CT molecular complexity index is 542. The molecule has 1 aromatic carbocycles. The number of nitrogens with one attached hydrogen (secondary N) is 1. The van der Waals surface area contributed by atoms with Crippen LogP contribution in [0.25, 0.3) is 0 Å². The Morgan fingerprint density at radius 2 is 2.00 bits per heavy atom. The first-order valence-electron chi connectivity index (χ1n) is 7.28. The normalized spacial score (nSPS) is 18.5. The van der Waals surface area contributed by atoms with Crippen molar-refractivity contribution in [1.82, 2.24) is 5.32 Å². The quantitative estimate of drug-likeness (QED) is 0.868. The van der Waals surface area contributed by atoms with E-state index in [1.54, 1.807) is 0 Å². The number of nitrogens with zero attached hydrogens (tertiary/aromatic N) is 1. The number of benzene rings is 1. The van der Waals surface area contributed by atoms with Gasteiger partial charge in [0.15, 0.2) is 0 Å². The van der Waals surface area contributed by atoms with E-state index in [2.05, 4.69) is 5.32 Å². The lowest BCUT2D eigenvalue weighted by Crippen LogP contribution is -2.46. The molecule has 1 amide bonds. The number of hydrogen-bond acceptors (Lipinski definition) is 3. The molecule has 5 heteroatoms. The highest BCUT2D eigenvalue weighted by Gasteiger charge is 2.37. The van der Waals surface area contributed by atoms with Gasteiger partial charge in [0.25, 0.3) is 0 Å². The number of carboxylic acid groups (broad SMARTS) is 1. The smallest absolute Gasteiger partial charge is 0.312 e. The Hall–Kier alpha value is -2.04. The predicted molar refractivity (Wildman–Crippen MR) is 81.5 cm³/mol. The molecule has 1 aliphatic rings. The van der Waals surface area contributed by atoms with Crippen LogP contribution < -0.4 is 10.2 Å². The second kappa shape index (κ2) is 6.16. The molecule has 0 saturated heterocycles. The maximum atomic E-state index is 12.2. The largest absolute Gasteiger partial charge is 0.481 e. The SMILES string of the molecule is CC(C)CNC(=O)C(C)N1CC(C(=O)O)c2ccccc21. The number of carbonyl (C=O) groups is 2. The van der Waals surface area contributed by atoms with Gasteiger partial charge in [-0.2, -0.15) is 0 Å². The Balaban J connectivity index is 2.17. The van der Waals surface area contributed by atoms with Crippen LogP contribution in [0.5, 0.6) is 0 Å². The molecule has 0 aromatic heterocycles. The van der Waals surface area contributed by atoms with Gasteiger partial charge in [-0.15, -0.1) is 0 Å². The minimum atomic E-state index is -0.847. The fourth-order valence-corrected chi connectivity index (χ4v) is 2.61. The lowest BCUT2D eigenvalue weighted by atomic mass is 10.0. The van der Waals surface area contributed by atoms with E-state index in [0.29, 0.717) is 19.0 Å². The van der Waals surface area contributed by atoms with Crippen LogP contribution in [0, 0.1) is 5.92 Å². The van der Waals surface area contributed by atoms with Gasteiger partial charge in [0, 0.05) is 18.8 Å². The summed E-state index contributed by atoms with van der Waals surface area (Å²) in [7, 11) is 0. The number of aliphatic carboxylic acids is 1. The number of anilines is 1. The molecule has 2 N–H and O–H groups in total. The molecular formula is C16H22N2O3. The van der Waals surface area contributed by atoms with Crippen LogP contribution in [0.4, 0.5) is 5.69 Å². The Labute approximate surface area is 125 Å². The average molecular weight is 290 g/mol. The first-order chi connectivity index (χ1) is 9.91. The van der Waals surface area contributed by atoms with Gasteiger partial charge >= 0.3 is 5.97 Å². The molecule has 2 rings (SSSR count). The third-order valence-corrected chi connectivity index (χ3v) is 3.83. The molecule has 1 heterocycles. The molecule has 2 unspecified atom stereocenters. The van der Waals surface area contributed by atoms with Gasteiger partial charge in [0.2, 0.25) is 5.91 Å². The minimum Gasteiger partial charge on any atom is -0.481 e. The van der Waals surface area contributed by atoms with Crippen LogP contribution in [0.3, 0.4) is 0 Å². The van der Waals surface area contributed by atoms with Gasteiger partial charge in [-0.05, 0) is 24.5 Å². The van der Waals surface area contributed by atoms with E-state index in [-0.39, 0.29) is 11.9 Å². The van der Waals surface area contributed by atoms with Crippen LogP contribution in [0.1, 0.15) is 32.3 Å². The number of rotatable bonds is 5. The van der Waals surface area contributed by atoms with Crippen molar-refractivity contribution in [2.75, 3.05) is 18.0 Å². The molecule has 114 valence electrons. The van der Waals surface area contributed by atoms with Crippen molar-refractivity contribution in [2.45, 2.75) is 32.7 Å². The van der Waals surface area contributed by atoms with Gasteiger partial charge in [-0.1, -0.05) is 32.0 Å². The topological polar surface area (TPSA) is 69.6 Å². The predicted octanol–water partition coefficient (Wildman–Crippen LogP) is 1.84. The van der Waals surface area contributed by atoms with E-state index >= 15 is 0 Å². The van der Waals surface area contributed by atoms with Crippen molar-refractivity contribution >= 4 is 17.6 Å².